The Morgan fingerprint density at radius 3 is 2.62 bits per heavy atom. The molecule has 0 aliphatic carbocycles. The fourth-order valence-electron chi connectivity index (χ4n) is 3.90. The molecular formula is C22H24F3N3O4. The minimum atomic E-state index is -4.70. The molecule has 1 aromatic heterocycles. The van der Waals surface area contributed by atoms with E-state index in [1.54, 1.807) is 13.0 Å². The molecule has 1 unspecified atom stereocenters. The molecule has 172 valence electrons. The van der Waals surface area contributed by atoms with E-state index < -0.39 is 29.2 Å². The first-order chi connectivity index (χ1) is 14.9. The third-order valence-corrected chi connectivity index (χ3v) is 4.97. The minimum absolute atomic E-state index is 0.0378. The molecule has 2 aromatic rings. The molecule has 3 N–H and O–H groups in total. The highest BCUT2D eigenvalue weighted by Crippen LogP contribution is 2.41. The van der Waals surface area contributed by atoms with Gasteiger partial charge < -0.3 is 20.5 Å². The summed E-state index contributed by atoms with van der Waals surface area (Å²) >= 11 is 0. The molecule has 7 nitrogen and oxygen atoms in total. The first kappa shape index (κ1) is 23.4. The summed E-state index contributed by atoms with van der Waals surface area (Å²) < 4.78 is 52.2. The minimum Gasteiger partial charge on any atom is -0.489 e. The van der Waals surface area contributed by atoms with Crippen LogP contribution >= 0.6 is 0 Å². The Hall–Kier alpha value is -3.30. The topological polar surface area (TPSA) is 104 Å². The van der Waals surface area contributed by atoms with Crippen LogP contribution in [0.15, 0.2) is 30.5 Å². The van der Waals surface area contributed by atoms with Crippen molar-refractivity contribution in [1.82, 2.24) is 4.98 Å². The Labute approximate surface area is 183 Å². The maximum absolute atomic E-state index is 13.9. The zero-order chi connectivity index (χ0) is 23.7. The number of ether oxygens (including phenoxy) is 2. The van der Waals surface area contributed by atoms with Crippen molar-refractivity contribution < 1.29 is 32.2 Å². The van der Waals surface area contributed by atoms with Gasteiger partial charge in [-0.05, 0) is 48.6 Å². The summed E-state index contributed by atoms with van der Waals surface area (Å²) in [5, 5.41) is 2.58. The van der Waals surface area contributed by atoms with Crippen LogP contribution in [0.25, 0.3) is 11.1 Å². The molecule has 0 saturated carbocycles. The smallest absolute Gasteiger partial charge is 0.419 e. The number of hydrogen-bond donors (Lipinski definition) is 2. The van der Waals surface area contributed by atoms with E-state index in [1.807, 2.05) is 13.8 Å². The average molecular weight is 451 g/mol. The second kappa shape index (κ2) is 8.68. The van der Waals surface area contributed by atoms with Crippen molar-refractivity contribution in [2.75, 3.05) is 11.9 Å². The Morgan fingerprint density at radius 1 is 1.28 bits per heavy atom. The Bertz CT molecular complexity index is 1040. The molecule has 0 bridgehead atoms. The van der Waals surface area contributed by atoms with E-state index >= 15 is 0 Å². The highest BCUT2D eigenvalue weighted by Gasteiger charge is 2.37. The summed E-state index contributed by atoms with van der Waals surface area (Å²) in [6.45, 7) is 5.01. The van der Waals surface area contributed by atoms with E-state index in [0.29, 0.717) is 23.4 Å². The van der Waals surface area contributed by atoms with Crippen molar-refractivity contribution in [1.29, 1.82) is 0 Å². The van der Waals surface area contributed by atoms with Crippen molar-refractivity contribution in [3.8, 4) is 16.9 Å². The number of carbonyl (C=O) groups is 2. The molecular weight excluding hydrogens is 427 g/mol. The number of carbonyl (C=O) groups excluding carboxylic acids is 2. The van der Waals surface area contributed by atoms with Crippen LogP contribution in [-0.4, -0.2) is 29.2 Å². The number of pyridine rings is 1. The van der Waals surface area contributed by atoms with Gasteiger partial charge in [0.2, 0.25) is 5.91 Å². The normalized spacial score (nSPS) is 15.2. The third kappa shape index (κ3) is 5.30. The molecule has 10 heteroatoms. The van der Waals surface area contributed by atoms with Gasteiger partial charge in [-0.1, -0.05) is 19.9 Å². The standard InChI is InChI=1S/C22H24F3N3O4/c1-12(2)10-21(3,32-20(26)30)11-31-17-5-4-13(8-16(17)22(23,24)25)14-6-7-27-19-15(14)9-18(29)28-19/h4-8,12H,9-11H2,1-3H3,(H2,26,30)(H,27,28,29). The predicted octanol–water partition coefficient (Wildman–Crippen LogP) is 4.54. The summed E-state index contributed by atoms with van der Waals surface area (Å²) in [6.07, 6.45) is -3.92. The number of aromatic nitrogens is 1. The van der Waals surface area contributed by atoms with Crippen LogP contribution in [0.2, 0.25) is 0 Å². The van der Waals surface area contributed by atoms with E-state index in [-0.39, 0.29) is 30.4 Å². The maximum Gasteiger partial charge on any atom is 0.419 e. The molecule has 1 aliphatic rings. The van der Waals surface area contributed by atoms with Gasteiger partial charge >= 0.3 is 12.3 Å². The molecule has 2 heterocycles. The van der Waals surface area contributed by atoms with Crippen LogP contribution in [0.3, 0.4) is 0 Å². The maximum atomic E-state index is 13.9. The number of alkyl halides is 3. The molecule has 0 spiro atoms. The van der Waals surface area contributed by atoms with Crippen LogP contribution in [0.1, 0.15) is 38.3 Å². The van der Waals surface area contributed by atoms with Gasteiger partial charge in [0.15, 0.2) is 0 Å². The summed E-state index contributed by atoms with van der Waals surface area (Å²) in [5.41, 5.74) is 4.25. The van der Waals surface area contributed by atoms with Crippen molar-refractivity contribution in [2.24, 2.45) is 11.7 Å². The highest BCUT2D eigenvalue weighted by atomic mass is 19.4. The number of nitrogens with two attached hydrogens (primary N) is 1. The molecule has 1 aromatic carbocycles. The van der Waals surface area contributed by atoms with Gasteiger partial charge in [0.25, 0.3) is 0 Å². The fraction of sp³-hybridized carbons (Fsp3) is 0.409. The number of nitrogens with zero attached hydrogens (tertiary/aromatic N) is 1. The number of hydrogen-bond acceptors (Lipinski definition) is 5. The number of benzene rings is 1. The van der Waals surface area contributed by atoms with Gasteiger partial charge in [-0.3, -0.25) is 4.79 Å². The second-order valence-electron chi connectivity index (χ2n) is 8.38. The van der Waals surface area contributed by atoms with E-state index in [2.05, 4.69) is 10.3 Å². The number of nitrogens with one attached hydrogen (secondary N) is 1. The molecule has 0 saturated heterocycles. The van der Waals surface area contributed by atoms with E-state index in [1.165, 1.54) is 18.3 Å². The van der Waals surface area contributed by atoms with Gasteiger partial charge in [-0.2, -0.15) is 13.2 Å². The molecule has 2 amide bonds. The zero-order valence-electron chi connectivity index (χ0n) is 17.9. The van der Waals surface area contributed by atoms with Crippen LogP contribution in [0.4, 0.5) is 23.8 Å². The lowest BCUT2D eigenvalue weighted by Crippen LogP contribution is -2.41. The Balaban J connectivity index is 1.95. The molecule has 32 heavy (non-hydrogen) atoms. The van der Waals surface area contributed by atoms with Gasteiger partial charge in [-0.15, -0.1) is 0 Å². The van der Waals surface area contributed by atoms with Crippen molar-refractivity contribution >= 4 is 17.8 Å². The van der Waals surface area contributed by atoms with E-state index in [9.17, 15) is 22.8 Å². The van der Waals surface area contributed by atoms with Crippen LogP contribution < -0.4 is 15.8 Å². The lowest BCUT2D eigenvalue weighted by atomic mass is 9.94. The molecule has 1 atom stereocenters. The number of anilines is 1. The largest absolute Gasteiger partial charge is 0.489 e. The third-order valence-electron chi connectivity index (χ3n) is 4.97. The number of primary amides is 1. The summed E-state index contributed by atoms with van der Waals surface area (Å²) in [7, 11) is 0. The van der Waals surface area contributed by atoms with Crippen LogP contribution in [0.5, 0.6) is 5.75 Å². The van der Waals surface area contributed by atoms with Gasteiger partial charge in [-0.25, -0.2) is 9.78 Å². The molecule has 0 fully saturated rings. The number of fused-ring (bicyclic) bond motifs is 1. The van der Waals surface area contributed by atoms with Gasteiger partial charge in [0.05, 0.1) is 12.0 Å². The quantitative estimate of drug-likeness (QED) is 0.643. The zero-order valence-corrected chi connectivity index (χ0v) is 17.9. The lowest BCUT2D eigenvalue weighted by Gasteiger charge is -2.30. The van der Waals surface area contributed by atoms with E-state index in [0.717, 1.165) is 6.07 Å². The first-order valence-electron chi connectivity index (χ1n) is 9.98. The van der Waals surface area contributed by atoms with Crippen LogP contribution in [-0.2, 0) is 22.1 Å². The van der Waals surface area contributed by atoms with Crippen molar-refractivity contribution in [2.45, 2.75) is 45.4 Å². The summed E-state index contributed by atoms with van der Waals surface area (Å²) in [6, 6.07) is 5.24. The van der Waals surface area contributed by atoms with Crippen LogP contribution in [0, 0.1) is 5.92 Å². The molecule has 1 aliphatic heterocycles. The monoisotopic (exact) mass is 451 g/mol. The summed E-state index contributed by atoms with van der Waals surface area (Å²) in [5.74, 6) is -0.244. The first-order valence-corrected chi connectivity index (χ1v) is 9.98. The fourth-order valence-corrected chi connectivity index (χ4v) is 3.90. The number of amides is 2. The van der Waals surface area contributed by atoms with Gasteiger partial charge in [0, 0.05) is 11.8 Å². The summed E-state index contributed by atoms with van der Waals surface area (Å²) in [4.78, 5) is 27.0. The second-order valence-corrected chi connectivity index (χ2v) is 8.38. The van der Waals surface area contributed by atoms with Crippen molar-refractivity contribution in [3.63, 3.8) is 0 Å². The Kier molecular flexibility index (Phi) is 6.34. The molecule has 0 radical (unpaired) electrons. The number of halogens is 3. The highest BCUT2D eigenvalue weighted by molar-refractivity contribution is 6.00. The van der Waals surface area contributed by atoms with E-state index in [4.69, 9.17) is 15.2 Å². The molecule has 3 rings (SSSR count). The predicted molar refractivity (Wildman–Crippen MR) is 111 cm³/mol. The van der Waals surface area contributed by atoms with Gasteiger partial charge in [0.1, 0.15) is 23.8 Å². The average Bonchev–Trinajstić information content (AvgIpc) is 3.04. The Morgan fingerprint density at radius 2 is 2.00 bits per heavy atom. The SMILES string of the molecule is CC(C)CC(C)(COc1ccc(-c2ccnc3c2CC(=O)N3)cc1C(F)(F)F)OC(N)=O. The van der Waals surface area contributed by atoms with Crippen molar-refractivity contribution in [3.05, 3.63) is 41.6 Å². The number of rotatable bonds is 7. The lowest BCUT2D eigenvalue weighted by molar-refractivity contribution is -0.139.